The molecule has 0 saturated heterocycles. The number of aromatic carboxylic acids is 1. The van der Waals surface area contributed by atoms with Gasteiger partial charge in [0.05, 0.1) is 23.6 Å². The van der Waals surface area contributed by atoms with Crippen LogP contribution in [0.4, 0.5) is 0 Å². The summed E-state index contributed by atoms with van der Waals surface area (Å²) in [5.74, 6) is -1.12. The van der Waals surface area contributed by atoms with Crippen LogP contribution < -0.4 is 0 Å². The van der Waals surface area contributed by atoms with Gasteiger partial charge in [0, 0.05) is 7.11 Å². The molecule has 0 aliphatic carbocycles. The number of hydrogen-bond donors (Lipinski definition) is 1. The van der Waals surface area contributed by atoms with E-state index in [2.05, 4.69) is 11.2 Å². The summed E-state index contributed by atoms with van der Waals surface area (Å²) in [6.45, 7) is 0.208. The van der Waals surface area contributed by atoms with E-state index < -0.39 is 5.97 Å². The number of hydrogen-bond acceptors (Lipinski definition) is 4. The van der Waals surface area contributed by atoms with E-state index in [0.717, 1.165) is 0 Å². The van der Waals surface area contributed by atoms with Gasteiger partial charge < -0.3 is 9.84 Å². The highest BCUT2D eigenvalue weighted by Crippen LogP contribution is 2.17. The van der Waals surface area contributed by atoms with Crippen molar-refractivity contribution in [2.45, 2.75) is 6.61 Å². The second-order valence-corrected chi connectivity index (χ2v) is 3.80. The molecule has 0 saturated carbocycles. The van der Waals surface area contributed by atoms with Crippen molar-refractivity contribution in [1.29, 1.82) is 5.26 Å². The predicted molar refractivity (Wildman–Crippen MR) is 66.0 cm³/mol. The number of aromatic nitrogens is 2. The number of ether oxygens (including phenoxy) is 1. The van der Waals surface area contributed by atoms with E-state index in [1.54, 1.807) is 24.3 Å². The average Bonchev–Trinajstić information content (AvgIpc) is 2.83. The van der Waals surface area contributed by atoms with E-state index in [9.17, 15) is 4.79 Å². The summed E-state index contributed by atoms with van der Waals surface area (Å²) in [6.07, 6.45) is 0. The molecule has 0 fully saturated rings. The van der Waals surface area contributed by atoms with Crippen molar-refractivity contribution in [1.82, 2.24) is 9.78 Å². The first-order valence-corrected chi connectivity index (χ1v) is 5.48. The normalized spacial score (nSPS) is 10.1. The number of carboxylic acids is 1. The van der Waals surface area contributed by atoms with Crippen molar-refractivity contribution in [3.8, 4) is 11.8 Å². The maximum atomic E-state index is 11.0. The number of methoxy groups -OCH3 is 1. The number of nitrogens with zero attached hydrogens (tertiary/aromatic N) is 3. The summed E-state index contributed by atoms with van der Waals surface area (Å²) in [4.78, 5) is 11.0. The number of carbonyl (C=O) groups is 1. The smallest absolute Gasteiger partial charge is 0.356 e. The van der Waals surface area contributed by atoms with Crippen LogP contribution in [0.25, 0.3) is 5.69 Å². The van der Waals surface area contributed by atoms with Gasteiger partial charge in [0.2, 0.25) is 0 Å². The topological polar surface area (TPSA) is 88.1 Å². The molecule has 0 unspecified atom stereocenters. The number of nitriles is 1. The monoisotopic (exact) mass is 257 g/mol. The second kappa shape index (κ2) is 5.33. The maximum absolute atomic E-state index is 11.0. The molecule has 2 aromatic rings. The second-order valence-electron chi connectivity index (χ2n) is 3.80. The molecule has 1 aromatic heterocycles. The lowest BCUT2D eigenvalue weighted by molar-refractivity contribution is 0.0690. The first-order valence-electron chi connectivity index (χ1n) is 5.48. The van der Waals surface area contributed by atoms with Gasteiger partial charge in [-0.3, -0.25) is 0 Å². The molecule has 96 valence electrons. The fourth-order valence-corrected chi connectivity index (χ4v) is 1.74. The predicted octanol–water partition coefficient (Wildman–Crippen LogP) is 1.59. The Bertz CT molecular complexity index is 655. The molecule has 1 heterocycles. The Morgan fingerprint density at radius 1 is 1.53 bits per heavy atom. The van der Waals surface area contributed by atoms with Gasteiger partial charge in [-0.1, -0.05) is 12.1 Å². The largest absolute Gasteiger partial charge is 0.476 e. The zero-order chi connectivity index (χ0) is 13.8. The van der Waals surface area contributed by atoms with Crippen molar-refractivity contribution < 1.29 is 14.6 Å². The van der Waals surface area contributed by atoms with E-state index in [-0.39, 0.29) is 12.3 Å². The van der Waals surface area contributed by atoms with Crippen LogP contribution in [0.3, 0.4) is 0 Å². The standard InChI is InChI=1S/C13H11N3O3/c1-19-8-10-6-11(13(17)18)15-16(10)12-5-3-2-4-9(12)7-14/h2-6H,8H2,1H3,(H,17,18). The van der Waals surface area contributed by atoms with Gasteiger partial charge >= 0.3 is 5.97 Å². The molecular weight excluding hydrogens is 246 g/mol. The Morgan fingerprint density at radius 3 is 2.89 bits per heavy atom. The fraction of sp³-hybridized carbons (Fsp3) is 0.154. The lowest BCUT2D eigenvalue weighted by Crippen LogP contribution is -2.06. The molecule has 1 N–H and O–H groups in total. The SMILES string of the molecule is COCc1cc(C(=O)O)nn1-c1ccccc1C#N. The molecule has 0 aliphatic rings. The van der Waals surface area contributed by atoms with Gasteiger partial charge in [-0.15, -0.1) is 0 Å². The zero-order valence-electron chi connectivity index (χ0n) is 10.2. The summed E-state index contributed by atoms with van der Waals surface area (Å²) >= 11 is 0. The van der Waals surface area contributed by atoms with Gasteiger partial charge in [-0.2, -0.15) is 10.4 Å². The van der Waals surface area contributed by atoms with E-state index in [4.69, 9.17) is 15.1 Å². The molecule has 1 aromatic carbocycles. The number of para-hydroxylation sites is 1. The highest BCUT2D eigenvalue weighted by atomic mass is 16.5. The van der Waals surface area contributed by atoms with Gasteiger partial charge in [-0.05, 0) is 18.2 Å². The van der Waals surface area contributed by atoms with Gasteiger partial charge in [0.25, 0.3) is 0 Å². The third kappa shape index (κ3) is 2.46. The van der Waals surface area contributed by atoms with E-state index in [1.165, 1.54) is 17.9 Å². The number of carboxylic acid groups (broad SMARTS) is 1. The Hall–Kier alpha value is -2.65. The molecule has 6 nitrogen and oxygen atoms in total. The van der Waals surface area contributed by atoms with Crippen LogP contribution in [0.15, 0.2) is 30.3 Å². The van der Waals surface area contributed by atoms with Crippen LogP contribution in [0.2, 0.25) is 0 Å². The Kier molecular flexibility index (Phi) is 3.59. The van der Waals surface area contributed by atoms with Crippen molar-refractivity contribution in [2.75, 3.05) is 7.11 Å². The maximum Gasteiger partial charge on any atom is 0.356 e. The van der Waals surface area contributed by atoms with Crippen molar-refractivity contribution in [2.24, 2.45) is 0 Å². The van der Waals surface area contributed by atoms with Crippen molar-refractivity contribution in [3.63, 3.8) is 0 Å². The first-order chi connectivity index (χ1) is 9.17. The number of rotatable bonds is 4. The quantitative estimate of drug-likeness (QED) is 0.898. The Morgan fingerprint density at radius 2 is 2.26 bits per heavy atom. The number of benzene rings is 1. The Balaban J connectivity index is 2.60. The van der Waals surface area contributed by atoms with Gasteiger partial charge in [-0.25, -0.2) is 9.48 Å². The molecule has 0 amide bonds. The molecule has 0 radical (unpaired) electrons. The molecule has 0 aliphatic heterocycles. The summed E-state index contributed by atoms with van der Waals surface area (Å²) in [7, 11) is 1.51. The van der Waals surface area contributed by atoms with Crippen LogP contribution in [0.5, 0.6) is 0 Å². The highest BCUT2D eigenvalue weighted by Gasteiger charge is 2.16. The minimum Gasteiger partial charge on any atom is -0.476 e. The Labute approximate surface area is 109 Å². The van der Waals surface area contributed by atoms with Crippen LogP contribution >= 0.6 is 0 Å². The van der Waals surface area contributed by atoms with E-state index >= 15 is 0 Å². The summed E-state index contributed by atoms with van der Waals surface area (Å²) < 4.78 is 6.44. The molecule has 19 heavy (non-hydrogen) atoms. The van der Waals surface area contributed by atoms with E-state index in [1.807, 2.05) is 0 Å². The third-order valence-electron chi connectivity index (χ3n) is 2.55. The third-order valence-corrected chi connectivity index (χ3v) is 2.55. The molecular formula is C13H11N3O3. The molecule has 0 bridgehead atoms. The van der Waals surface area contributed by atoms with Crippen molar-refractivity contribution >= 4 is 5.97 Å². The van der Waals surface area contributed by atoms with Crippen LogP contribution in [0.1, 0.15) is 21.7 Å². The first kappa shape index (κ1) is 12.8. The fourth-order valence-electron chi connectivity index (χ4n) is 1.74. The average molecular weight is 257 g/mol. The van der Waals surface area contributed by atoms with Crippen LogP contribution in [0, 0.1) is 11.3 Å². The lowest BCUT2D eigenvalue weighted by atomic mass is 10.2. The molecule has 0 atom stereocenters. The summed E-state index contributed by atoms with van der Waals surface area (Å²) in [5, 5.41) is 22.1. The zero-order valence-corrected chi connectivity index (χ0v) is 10.2. The molecule has 0 spiro atoms. The van der Waals surface area contributed by atoms with E-state index in [0.29, 0.717) is 16.9 Å². The van der Waals surface area contributed by atoms with Crippen molar-refractivity contribution in [3.05, 3.63) is 47.3 Å². The van der Waals surface area contributed by atoms with Crippen LogP contribution in [-0.4, -0.2) is 28.0 Å². The molecule has 6 heteroatoms. The van der Waals surface area contributed by atoms with Gasteiger partial charge in [0.15, 0.2) is 5.69 Å². The summed E-state index contributed by atoms with van der Waals surface area (Å²) in [5.41, 5.74) is 1.44. The summed E-state index contributed by atoms with van der Waals surface area (Å²) in [6, 6.07) is 10.3. The minimum atomic E-state index is -1.12. The lowest BCUT2D eigenvalue weighted by Gasteiger charge is -2.07. The molecule has 2 rings (SSSR count). The highest BCUT2D eigenvalue weighted by molar-refractivity contribution is 5.85. The van der Waals surface area contributed by atoms with Crippen LogP contribution in [-0.2, 0) is 11.3 Å². The minimum absolute atomic E-state index is 0.0835. The van der Waals surface area contributed by atoms with Gasteiger partial charge in [0.1, 0.15) is 6.07 Å².